The van der Waals surface area contributed by atoms with Crippen molar-refractivity contribution in [3.63, 3.8) is 0 Å². The molecule has 0 aliphatic heterocycles. The van der Waals surface area contributed by atoms with Crippen molar-refractivity contribution < 1.29 is 9.90 Å². The number of aliphatic hydroxyl groups excluding tert-OH is 1. The number of carbonyl (C=O) groups is 1. The first kappa shape index (κ1) is 11.1. The van der Waals surface area contributed by atoms with Crippen molar-refractivity contribution in [3.05, 3.63) is 18.6 Å². The zero-order chi connectivity index (χ0) is 12.4. The fourth-order valence-corrected chi connectivity index (χ4v) is 1.36. The maximum atomic E-state index is 10.7. The maximum absolute atomic E-state index is 10.7. The predicted octanol–water partition coefficient (Wildman–Crippen LogP) is -1.43. The Labute approximate surface area is 96.3 Å². The van der Waals surface area contributed by atoms with Gasteiger partial charge in [-0.1, -0.05) is 0 Å². The number of aromatic nitrogens is 3. The van der Waals surface area contributed by atoms with Crippen LogP contribution in [0.3, 0.4) is 0 Å². The van der Waals surface area contributed by atoms with Gasteiger partial charge in [-0.05, 0) is 0 Å². The average molecular weight is 236 g/mol. The summed E-state index contributed by atoms with van der Waals surface area (Å²) in [6.07, 6.45) is 3.63. The van der Waals surface area contributed by atoms with Crippen molar-refractivity contribution in [2.24, 2.45) is 5.73 Å². The average Bonchev–Trinajstić information content (AvgIpc) is 2.72. The third kappa shape index (κ3) is 2.26. The third-order valence-corrected chi connectivity index (χ3v) is 2.18. The molecule has 0 aromatic carbocycles. The van der Waals surface area contributed by atoms with Gasteiger partial charge in [0.2, 0.25) is 5.91 Å². The lowest BCUT2D eigenvalue weighted by Crippen LogP contribution is -2.34. The van der Waals surface area contributed by atoms with Gasteiger partial charge in [-0.25, -0.2) is 9.97 Å². The second-order valence-electron chi connectivity index (χ2n) is 3.47. The molecule has 8 nitrogen and oxygen atoms in total. The van der Waals surface area contributed by atoms with Gasteiger partial charge >= 0.3 is 0 Å². The molecule has 2 aromatic rings. The molecule has 90 valence electrons. The first-order valence-corrected chi connectivity index (χ1v) is 4.88. The Morgan fingerprint density at radius 3 is 3.12 bits per heavy atom. The number of aliphatic hydroxyl groups is 1. The number of nitrogens with zero attached hydrogens (tertiary/aromatic N) is 3. The van der Waals surface area contributed by atoms with Crippen LogP contribution in [-0.4, -0.2) is 38.0 Å². The minimum Gasteiger partial charge on any atom is -0.382 e. The summed E-state index contributed by atoms with van der Waals surface area (Å²) < 4.78 is 1.68. The van der Waals surface area contributed by atoms with E-state index < -0.39 is 12.0 Å². The van der Waals surface area contributed by atoms with Crippen LogP contribution in [-0.2, 0) is 4.79 Å². The number of fused-ring (bicyclic) bond motifs is 1. The van der Waals surface area contributed by atoms with Crippen LogP contribution < -0.4 is 16.8 Å². The van der Waals surface area contributed by atoms with E-state index in [0.717, 1.165) is 0 Å². The van der Waals surface area contributed by atoms with E-state index in [4.69, 9.17) is 11.5 Å². The summed E-state index contributed by atoms with van der Waals surface area (Å²) in [5.74, 6) is -0.123. The number of hydrogen-bond donors (Lipinski definition) is 4. The van der Waals surface area contributed by atoms with Crippen LogP contribution in [0.25, 0.3) is 5.65 Å². The number of carbonyl (C=O) groups excluding carboxylic acids is 1. The second-order valence-corrected chi connectivity index (χ2v) is 3.47. The van der Waals surface area contributed by atoms with Gasteiger partial charge in [-0.3, -0.25) is 4.79 Å². The van der Waals surface area contributed by atoms with Crippen molar-refractivity contribution >= 4 is 23.2 Å². The Kier molecular flexibility index (Phi) is 2.79. The molecule has 2 rings (SSSR count). The van der Waals surface area contributed by atoms with E-state index in [9.17, 15) is 9.90 Å². The summed E-state index contributed by atoms with van der Waals surface area (Å²) in [5, 5.41) is 12.0. The molecule has 0 bridgehead atoms. The molecule has 0 saturated heterocycles. The number of amides is 1. The minimum atomic E-state index is -1.28. The first-order valence-electron chi connectivity index (χ1n) is 4.88. The summed E-state index contributed by atoms with van der Waals surface area (Å²) in [6, 6.07) is 0. The lowest BCUT2D eigenvalue weighted by Gasteiger charge is -2.10. The smallest absolute Gasteiger partial charge is 0.248 e. The highest BCUT2D eigenvalue weighted by atomic mass is 16.3. The van der Waals surface area contributed by atoms with Crippen molar-refractivity contribution in [2.75, 3.05) is 17.6 Å². The summed E-state index contributed by atoms with van der Waals surface area (Å²) in [4.78, 5) is 18.8. The Bertz CT molecular complexity index is 551. The number of imidazole rings is 1. The zero-order valence-electron chi connectivity index (χ0n) is 8.87. The van der Waals surface area contributed by atoms with Crippen LogP contribution in [0.5, 0.6) is 0 Å². The molecule has 0 aliphatic rings. The van der Waals surface area contributed by atoms with E-state index in [1.807, 2.05) is 0 Å². The van der Waals surface area contributed by atoms with E-state index in [0.29, 0.717) is 17.3 Å². The van der Waals surface area contributed by atoms with E-state index in [1.165, 1.54) is 0 Å². The zero-order valence-corrected chi connectivity index (χ0v) is 8.87. The summed E-state index contributed by atoms with van der Waals surface area (Å²) in [7, 11) is 0. The Hall–Kier alpha value is -2.35. The van der Waals surface area contributed by atoms with Crippen molar-refractivity contribution in [3.8, 4) is 0 Å². The standard InChI is InChI=1S/C9H12N6O2/c10-6-4-15-2-1-12-9(15)8(14-6)13-3-5(16)7(11)17/h1-2,4-5,16H,3,10H2,(H2,11,17)(H,13,14). The van der Waals surface area contributed by atoms with E-state index in [-0.39, 0.29) is 6.54 Å². The van der Waals surface area contributed by atoms with Gasteiger partial charge in [0, 0.05) is 12.4 Å². The van der Waals surface area contributed by atoms with Crippen LogP contribution in [0.2, 0.25) is 0 Å². The van der Waals surface area contributed by atoms with Gasteiger partial charge in [-0.2, -0.15) is 0 Å². The van der Waals surface area contributed by atoms with Gasteiger partial charge in [0.05, 0.1) is 12.7 Å². The number of hydrogen-bond acceptors (Lipinski definition) is 6. The molecule has 2 aromatic heterocycles. The summed E-state index contributed by atoms with van der Waals surface area (Å²) in [6.45, 7) is -0.0473. The van der Waals surface area contributed by atoms with Crippen LogP contribution in [0.1, 0.15) is 0 Å². The van der Waals surface area contributed by atoms with Crippen molar-refractivity contribution in [1.82, 2.24) is 14.4 Å². The second kappa shape index (κ2) is 4.26. The summed E-state index contributed by atoms with van der Waals surface area (Å²) in [5.41, 5.74) is 11.1. The van der Waals surface area contributed by atoms with Gasteiger partial charge in [0.25, 0.3) is 0 Å². The number of nitrogens with one attached hydrogen (secondary N) is 1. The van der Waals surface area contributed by atoms with Crippen molar-refractivity contribution in [2.45, 2.75) is 6.10 Å². The molecule has 1 unspecified atom stereocenters. The SMILES string of the molecule is NC(=O)C(O)CNc1nc(N)cn2ccnc12. The molecule has 1 amide bonds. The van der Waals surface area contributed by atoms with E-state index >= 15 is 0 Å². The normalized spacial score (nSPS) is 12.5. The lowest BCUT2D eigenvalue weighted by molar-refractivity contribution is -0.125. The molecular formula is C9H12N6O2. The Balaban J connectivity index is 2.23. The highest BCUT2D eigenvalue weighted by Crippen LogP contribution is 2.14. The molecular weight excluding hydrogens is 224 g/mol. The number of primary amides is 1. The molecule has 0 aliphatic carbocycles. The van der Waals surface area contributed by atoms with Crippen LogP contribution in [0, 0.1) is 0 Å². The largest absolute Gasteiger partial charge is 0.382 e. The van der Waals surface area contributed by atoms with Gasteiger partial charge in [-0.15, -0.1) is 0 Å². The molecule has 6 N–H and O–H groups in total. The molecule has 2 heterocycles. The highest BCUT2D eigenvalue weighted by Gasteiger charge is 2.12. The highest BCUT2D eigenvalue weighted by molar-refractivity contribution is 5.79. The number of anilines is 2. The van der Waals surface area contributed by atoms with Gasteiger partial charge in [0.1, 0.15) is 11.9 Å². The van der Waals surface area contributed by atoms with Gasteiger partial charge in [0.15, 0.2) is 11.5 Å². The third-order valence-electron chi connectivity index (χ3n) is 2.18. The molecule has 0 fully saturated rings. The molecule has 0 radical (unpaired) electrons. The molecule has 0 spiro atoms. The lowest BCUT2D eigenvalue weighted by atomic mass is 10.3. The monoisotopic (exact) mass is 236 g/mol. The van der Waals surface area contributed by atoms with E-state index in [2.05, 4.69) is 15.3 Å². The topological polar surface area (TPSA) is 132 Å². The van der Waals surface area contributed by atoms with Crippen LogP contribution >= 0.6 is 0 Å². The number of nitrogens with two attached hydrogens (primary N) is 2. The van der Waals surface area contributed by atoms with E-state index in [1.54, 1.807) is 23.0 Å². The number of nitrogen functional groups attached to an aromatic ring is 1. The van der Waals surface area contributed by atoms with Crippen LogP contribution in [0.4, 0.5) is 11.6 Å². The molecule has 0 saturated carbocycles. The predicted molar refractivity (Wildman–Crippen MR) is 61.1 cm³/mol. The minimum absolute atomic E-state index is 0.0473. The Morgan fingerprint density at radius 1 is 1.65 bits per heavy atom. The summed E-state index contributed by atoms with van der Waals surface area (Å²) >= 11 is 0. The maximum Gasteiger partial charge on any atom is 0.248 e. The number of rotatable bonds is 4. The fourth-order valence-electron chi connectivity index (χ4n) is 1.36. The van der Waals surface area contributed by atoms with Crippen LogP contribution in [0.15, 0.2) is 18.6 Å². The molecule has 8 heteroatoms. The van der Waals surface area contributed by atoms with Crippen molar-refractivity contribution in [1.29, 1.82) is 0 Å². The Morgan fingerprint density at radius 2 is 2.41 bits per heavy atom. The quantitative estimate of drug-likeness (QED) is 0.514. The van der Waals surface area contributed by atoms with Gasteiger partial charge < -0.3 is 26.3 Å². The molecule has 17 heavy (non-hydrogen) atoms. The fraction of sp³-hybridized carbons (Fsp3) is 0.222. The first-order chi connectivity index (χ1) is 8.08. The molecule has 1 atom stereocenters.